The Hall–Kier alpha value is -2.06. The van der Waals surface area contributed by atoms with Gasteiger partial charge in [0, 0.05) is 11.8 Å². The van der Waals surface area contributed by atoms with E-state index in [1.54, 1.807) is 18.2 Å². The summed E-state index contributed by atoms with van der Waals surface area (Å²) in [5.41, 5.74) is 7.26. The molecule has 96 valence electrons. The fourth-order valence-corrected chi connectivity index (χ4v) is 1.96. The van der Waals surface area contributed by atoms with Crippen molar-refractivity contribution in [1.29, 1.82) is 5.26 Å². The van der Waals surface area contributed by atoms with Gasteiger partial charge in [0.15, 0.2) is 11.6 Å². The molecule has 0 unspecified atom stereocenters. The maximum atomic E-state index is 14.0. The average Bonchev–Trinajstić information content (AvgIpc) is 2.39. The highest BCUT2D eigenvalue weighted by Gasteiger charge is 2.13. The molecule has 0 aliphatic heterocycles. The molecular formula is C14H10BrFN2O. The second kappa shape index (κ2) is 5.29. The molecule has 0 heterocycles. The molecule has 0 bridgehead atoms. The van der Waals surface area contributed by atoms with Crippen LogP contribution < -0.4 is 10.5 Å². The van der Waals surface area contributed by atoms with Gasteiger partial charge in [0.05, 0.1) is 10.0 Å². The van der Waals surface area contributed by atoms with Crippen molar-refractivity contribution < 1.29 is 9.13 Å². The molecule has 0 aromatic heterocycles. The van der Waals surface area contributed by atoms with Crippen LogP contribution in [0.15, 0.2) is 34.8 Å². The van der Waals surface area contributed by atoms with Gasteiger partial charge in [-0.1, -0.05) is 6.07 Å². The van der Waals surface area contributed by atoms with Gasteiger partial charge < -0.3 is 10.5 Å². The number of nitriles is 1. The zero-order chi connectivity index (χ0) is 14.0. The van der Waals surface area contributed by atoms with Crippen molar-refractivity contribution in [3.05, 3.63) is 51.7 Å². The van der Waals surface area contributed by atoms with E-state index in [4.69, 9.17) is 15.7 Å². The summed E-state index contributed by atoms with van der Waals surface area (Å²) in [6.45, 7) is 1.84. The second-order valence-corrected chi connectivity index (χ2v) is 4.77. The minimum Gasteiger partial charge on any atom is -0.454 e. The largest absolute Gasteiger partial charge is 0.454 e. The van der Waals surface area contributed by atoms with Crippen molar-refractivity contribution in [1.82, 2.24) is 0 Å². The van der Waals surface area contributed by atoms with Crippen molar-refractivity contribution in [3.63, 3.8) is 0 Å². The van der Waals surface area contributed by atoms with Crippen LogP contribution in [-0.2, 0) is 0 Å². The number of benzene rings is 2. The van der Waals surface area contributed by atoms with Gasteiger partial charge in [0.25, 0.3) is 0 Å². The van der Waals surface area contributed by atoms with Gasteiger partial charge in [0.2, 0.25) is 0 Å². The van der Waals surface area contributed by atoms with E-state index in [9.17, 15) is 4.39 Å². The lowest BCUT2D eigenvalue weighted by Gasteiger charge is -2.11. The molecule has 0 atom stereocenters. The van der Waals surface area contributed by atoms with Crippen LogP contribution in [0, 0.1) is 24.1 Å². The summed E-state index contributed by atoms with van der Waals surface area (Å²) in [6, 6.07) is 9.96. The fraction of sp³-hybridized carbons (Fsp3) is 0.0714. The predicted octanol–water partition coefficient (Wildman–Crippen LogP) is 4.14. The number of ether oxygens (including phenoxy) is 1. The van der Waals surface area contributed by atoms with E-state index in [1.807, 2.05) is 13.0 Å². The highest BCUT2D eigenvalue weighted by atomic mass is 79.9. The molecule has 0 saturated heterocycles. The Morgan fingerprint density at radius 3 is 2.68 bits per heavy atom. The van der Waals surface area contributed by atoms with Crippen LogP contribution in [0.3, 0.4) is 0 Å². The Balaban J connectivity index is 2.42. The summed E-state index contributed by atoms with van der Waals surface area (Å²) < 4.78 is 19.6. The number of aryl methyl sites for hydroxylation is 1. The van der Waals surface area contributed by atoms with Gasteiger partial charge in [-0.25, -0.2) is 4.39 Å². The third-order valence-corrected chi connectivity index (χ3v) is 3.37. The molecule has 2 aromatic carbocycles. The molecule has 0 amide bonds. The third kappa shape index (κ3) is 2.69. The standard InChI is InChI=1S/C14H10BrFN2O/c1-8-2-4-10(18)6-12(8)19-11-5-3-9(7-17)13(15)14(11)16/h2-6H,18H2,1H3. The van der Waals surface area contributed by atoms with E-state index in [2.05, 4.69) is 15.9 Å². The first kappa shape index (κ1) is 13.4. The van der Waals surface area contributed by atoms with Crippen LogP contribution in [-0.4, -0.2) is 0 Å². The molecule has 19 heavy (non-hydrogen) atoms. The van der Waals surface area contributed by atoms with Crippen molar-refractivity contribution in [2.45, 2.75) is 6.92 Å². The predicted molar refractivity (Wildman–Crippen MR) is 74.5 cm³/mol. The number of nitrogen functional groups attached to an aromatic ring is 1. The Morgan fingerprint density at radius 1 is 1.26 bits per heavy atom. The molecule has 0 aliphatic rings. The lowest BCUT2D eigenvalue weighted by Crippen LogP contribution is -1.94. The lowest BCUT2D eigenvalue weighted by molar-refractivity contribution is 0.438. The topological polar surface area (TPSA) is 59.0 Å². The number of anilines is 1. The van der Waals surface area contributed by atoms with Crippen LogP contribution >= 0.6 is 15.9 Å². The van der Waals surface area contributed by atoms with Gasteiger partial charge in [-0.15, -0.1) is 0 Å². The molecule has 2 aromatic rings. The summed E-state index contributed by atoms with van der Waals surface area (Å²) in [6.07, 6.45) is 0. The van der Waals surface area contributed by atoms with E-state index in [0.717, 1.165) is 5.56 Å². The minimum atomic E-state index is -0.610. The summed E-state index contributed by atoms with van der Waals surface area (Å²) in [4.78, 5) is 0. The first-order valence-electron chi connectivity index (χ1n) is 5.45. The fourth-order valence-electron chi connectivity index (χ4n) is 1.54. The van der Waals surface area contributed by atoms with E-state index in [0.29, 0.717) is 11.4 Å². The minimum absolute atomic E-state index is 0.0413. The summed E-state index contributed by atoms with van der Waals surface area (Å²) in [5.74, 6) is -0.0871. The molecule has 0 spiro atoms. The van der Waals surface area contributed by atoms with E-state index in [-0.39, 0.29) is 15.8 Å². The zero-order valence-corrected chi connectivity index (χ0v) is 11.7. The monoisotopic (exact) mass is 320 g/mol. The Kier molecular flexibility index (Phi) is 3.72. The normalized spacial score (nSPS) is 10.0. The van der Waals surface area contributed by atoms with Crippen LogP contribution in [0.5, 0.6) is 11.5 Å². The van der Waals surface area contributed by atoms with E-state index >= 15 is 0 Å². The van der Waals surface area contributed by atoms with Gasteiger partial charge in [-0.05, 0) is 46.6 Å². The Labute approximate surface area is 118 Å². The van der Waals surface area contributed by atoms with Gasteiger partial charge >= 0.3 is 0 Å². The van der Waals surface area contributed by atoms with Crippen LogP contribution in [0.1, 0.15) is 11.1 Å². The quantitative estimate of drug-likeness (QED) is 0.846. The zero-order valence-electron chi connectivity index (χ0n) is 10.1. The molecular weight excluding hydrogens is 311 g/mol. The first-order chi connectivity index (χ1) is 9.02. The summed E-state index contributed by atoms with van der Waals surface area (Å²) in [5, 5.41) is 8.80. The molecule has 0 aliphatic carbocycles. The average molecular weight is 321 g/mol. The number of hydrogen-bond acceptors (Lipinski definition) is 3. The van der Waals surface area contributed by atoms with Gasteiger partial charge in [0.1, 0.15) is 11.8 Å². The highest BCUT2D eigenvalue weighted by Crippen LogP contribution is 2.33. The second-order valence-electron chi connectivity index (χ2n) is 3.98. The molecule has 0 fully saturated rings. The van der Waals surface area contributed by atoms with Crippen molar-refractivity contribution in [3.8, 4) is 17.6 Å². The van der Waals surface area contributed by atoms with E-state index < -0.39 is 5.82 Å². The molecule has 0 radical (unpaired) electrons. The highest BCUT2D eigenvalue weighted by molar-refractivity contribution is 9.10. The number of nitrogens with zero attached hydrogens (tertiary/aromatic N) is 1. The Bertz CT molecular complexity index is 680. The SMILES string of the molecule is Cc1ccc(N)cc1Oc1ccc(C#N)c(Br)c1F. The maximum absolute atomic E-state index is 14.0. The molecule has 2 N–H and O–H groups in total. The smallest absolute Gasteiger partial charge is 0.181 e. The third-order valence-electron chi connectivity index (χ3n) is 2.60. The number of hydrogen-bond donors (Lipinski definition) is 1. The van der Waals surface area contributed by atoms with Gasteiger partial charge in [-0.2, -0.15) is 5.26 Å². The van der Waals surface area contributed by atoms with Crippen molar-refractivity contribution >= 4 is 21.6 Å². The lowest BCUT2D eigenvalue weighted by atomic mass is 10.2. The van der Waals surface area contributed by atoms with Crippen LogP contribution in [0.25, 0.3) is 0 Å². The first-order valence-corrected chi connectivity index (χ1v) is 6.24. The number of rotatable bonds is 2. The molecule has 0 saturated carbocycles. The molecule has 5 heteroatoms. The maximum Gasteiger partial charge on any atom is 0.181 e. The molecule has 2 rings (SSSR count). The van der Waals surface area contributed by atoms with Crippen molar-refractivity contribution in [2.24, 2.45) is 0 Å². The van der Waals surface area contributed by atoms with Crippen LogP contribution in [0.4, 0.5) is 10.1 Å². The Morgan fingerprint density at radius 2 is 2.00 bits per heavy atom. The van der Waals surface area contributed by atoms with E-state index in [1.165, 1.54) is 12.1 Å². The number of nitrogens with two attached hydrogens (primary N) is 1. The van der Waals surface area contributed by atoms with Crippen LogP contribution in [0.2, 0.25) is 0 Å². The summed E-state index contributed by atoms with van der Waals surface area (Å²) >= 11 is 3.04. The summed E-state index contributed by atoms with van der Waals surface area (Å²) in [7, 11) is 0. The molecule has 3 nitrogen and oxygen atoms in total. The van der Waals surface area contributed by atoms with Gasteiger partial charge in [-0.3, -0.25) is 0 Å². The van der Waals surface area contributed by atoms with Crippen molar-refractivity contribution in [2.75, 3.05) is 5.73 Å². The number of halogens is 2.